The molecule has 2 amide bonds. The third-order valence-electron chi connectivity index (χ3n) is 7.69. The Morgan fingerprint density at radius 3 is 1.45 bits per heavy atom. The first-order valence-corrected chi connectivity index (χ1v) is 17.8. The molecule has 40 heavy (non-hydrogen) atoms. The molecule has 0 aliphatic carbocycles. The Morgan fingerprint density at radius 1 is 0.600 bits per heavy atom. The van der Waals surface area contributed by atoms with Gasteiger partial charge in [0, 0.05) is 0 Å². The van der Waals surface area contributed by atoms with Crippen LogP contribution in [-0.2, 0) is 12.7 Å². The van der Waals surface area contributed by atoms with Gasteiger partial charge in [-0.1, -0.05) is 0 Å². The van der Waals surface area contributed by atoms with Gasteiger partial charge in [-0.15, -0.1) is 0 Å². The number of rotatable bonds is 7. The van der Waals surface area contributed by atoms with Crippen molar-refractivity contribution in [1.29, 1.82) is 0 Å². The van der Waals surface area contributed by atoms with Crippen LogP contribution < -0.4 is 15.9 Å². The SMILES string of the molecule is O=C1c2ccccc2C(=O)N1Cc1ccc(CP(Br)(c2ccccc2)(c2ccccc2)c2ccccc2)c(Cl)c1. The number of amides is 2. The van der Waals surface area contributed by atoms with E-state index in [-0.39, 0.29) is 18.4 Å². The van der Waals surface area contributed by atoms with Crippen molar-refractivity contribution in [3.8, 4) is 0 Å². The molecule has 1 heterocycles. The summed E-state index contributed by atoms with van der Waals surface area (Å²) in [5, 5.41) is 0.991. The van der Waals surface area contributed by atoms with E-state index in [0.717, 1.165) is 11.1 Å². The number of benzene rings is 5. The summed E-state index contributed by atoms with van der Waals surface area (Å²) in [6.45, 7) is 0.167. The van der Waals surface area contributed by atoms with Crippen LogP contribution in [0.25, 0.3) is 0 Å². The van der Waals surface area contributed by atoms with Gasteiger partial charge in [0.25, 0.3) is 0 Å². The van der Waals surface area contributed by atoms with Crippen LogP contribution >= 0.6 is 32.4 Å². The molecule has 0 radical (unpaired) electrons. The van der Waals surface area contributed by atoms with E-state index in [2.05, 4.69) is 88.3 Å². The molecule has 5 aromatic rings. The predicted octanol–water partition coefficient (Wildman–Crippen LogP) is 7.48. The van der Waals surface area contributed by atoms with Gasteiger partial charge < -0.3 is 0 Å². The molecule has 0 spiro atoms. The van der Waals surface area contributed by atoms with E-state index >= 15 is 0 Å². The number of carbonyl (C=O) groups is 2. The summed E-state index contributed by atoms with van der Waals surface area (Å²) in [6.07, 6.45) is 0.649. The van der Waals surface area contributed by atoms with Crippen LogP contribution in [0.3, 0.4) is 0 Å². The molecule has 0 aromatic heterocycles. The second-order valence-electron chi connectivity index (χ2n) is 10.0. The van der Waals surface area contributed by atoms with E-state index in [9.17, 15) is 9.59 Å². The third kappa shape index (κ3) is 4.32. The Hall–Kier alpha value is -3.56. The van der Waals surface area contributed by atoms with E-state index in [1.165, 1.54) is 20.8 Å². The van der Waals surface area contributed by atoms with Crippen molar-refractivity contribution in [1.82, 2.24) is 4.90 Å². The average molecular weight is 627 g/mol. The van der Waals surface area contributed by atoms with Crippen molar-refractivity contribution in [2.45, 2.75) is 12.7 Å². The van der Waals surface area contributed by atoms with E-state index in [1.54, 1.807) is 24.3 Å². The number of nitrogens with zero attached hydrogens (tertiary/aromatic N) is 1. The Morgan fingerprint density at radius 2 is 1.02 bits per heavy atom. The number of carbonyl (C=O) groups excluding carboxylic acids is 2. The molecule has 1 aliphatic rings. The topological polar surface area (TPSA) is 37.4 Å². The van der Waals surface area contributed by atoms with Gasteiger partial charge in [0.15, 0.2) is 0 Å². The normalized spacial score (nSPS) is 14.1. The molecular weight excluding hydrogens is 601 g/mol. The summed E-state index contributed by atoms with van der Waals surface area (Å²) in [4.78, 5) is 27.2. The number of hydrogen-bond donors (Lipinski definition) is 0. The molecule has 0 unspecified atom stereocenters. The van der Waals surface area contributed by atoms with E-state index in [0.29, 0.717) is 22.3 Å². The fourth-order valence-corrected chi connectivity index (χ4v) is 13.7. The molecule has 0 fully saturated rings. The number of imide groups is 1. The molecule has 198 valence electrons. The second-order valence-corrected chi connectivity index (χ2v) is 19.4. The summed E-state index contributed by atoms with van der Waals surface area (Å²) in [5.41, 5.74) is 2.68. The maximum absolute atomic E-state index is 12.9. The van der Waals surface area contributed by atoms with Gasteiger partial charge in [-0.05, 0) is 0 Å². The van der Waals surface area contributed by atoms with Crippen LogP contribution in [0, 0.1) is 0 Å². The zero-order chi connectivity index (χ0) is 27.8. The zero-order valence-electron chi connectivity index (χ0n) is 21.6. The van der Waals surface area contributed by atoms with Crippen molar-refractivity contribution in [2.24, 2.45) is 0 Å². The van der Waals surface area contributed by atoms with Gasteiger partial charge in [-0.25, -0.2) is 0 Å². The van der Waals surface area contributed by atoms with Gasteiger partial charge in [0.1, 0.15) is 0 Å². The van der Waals surface area contributed by atoms with Crippen LogP contribution in [0.5, 0.6) is 0 Å². The van der Waals surface area contributed by atoms with Gasteiger partial charge in [0.05, 0.1) is 0 Å². The standard InChI is InChI=1S/C34H26BrClNO2P/c35-40(27-12-4-1-5-13-27,28-14-6-2-7-15-28,29-16-8-3-9-17-29)24-26-21-20-25(22-32(26)36)23-37-33(38)30-18-10-11-19-31(30)34(37)39/h1-22H,23-24H2. The Balaban J connectivity index is 1.43. The van der Waals surface area contributed by atoms with Crippen LogP contribution in [0.4, 0.5) is 0 Å². The first-order chi connectivity index (χ1) is 19.4. The van der Waals surface area contributed by atoms with Crippen molar-refractivity contribution < 1.29 is 9.59 Å². The quantitative estimate of drug-likeness (QED) is 0.139. The number of halogens is 2. The van der Waals surface area contributed by atoms with Gasteiger partial charge in [-0.2, -0.15) is 0 Å². The number of hydrogen-bond acceptors (Lipinski definition) is 2. The molecule has 0 saturated carbocycles. The molecule has 0 saturated heterocycles. The Kier molecular flexibility index (Phi) is 6.96. The summed E-state index contributed by atoms with van der Waals surface area (Å²) < 4.78 is 0. The average Bonchev–Trinajstić information content (AvgIpc) is 3.25. The van der Waals surface area contributed by atoms with Gasteiger partial charge >= 0.3 is 248 Å². The zero-order valence-corrected chi connectivity index (χ0v) is 24.8. The molecule has 0 N–H and O–H groups in total. The predicted molar refractivity (Wildman–Crippen MR) is 170 cm³/mol. The Bertz CT molecular complexity index is 1590. The Labute approximate surface area is 247 Å². The fourth-order valence-electron chi connectivity index (χ4n) is 5.64. The molecule has 5 aromatic carbocycles. The summed E-state index contributed by atoms with van der Waals surface area (Å²) in [6, 6.07) is 44.6. The van der Waals surface area contributed by atoms with Crippen LogP contribution in [0.1, 0.15) is 31.8 Å². The summed E-state index contributed by atoms with van der Waals surface area (Å²) in [5.74, 6) is -0.549. The van der Waals surface area contributed by atoms with Gasteiger partial charge in [0.2, 0.25) is 0 Å². The molecular formula is C34H26BrClNO2P. The molecule has 6 heteroatoms. The van der Waals surface area contributed by atoms with Crippen molar-refractivity contribution in [2.75, 3.05) is 0 Å². The monoisotopic (exact) mass is 625 g/mol. The van der Waals surface area contributed by atoms with E-state index < -0.39 is 5.31 Å². The van der Waals surface area contributed by atoms with Crippen molar-refractivity contribution >= 4 is 60.1 Å². The van der Waals surface area contributed by atoms with Crippen molar-refractivity contribution in [3.05, 3.63) is 161 Å². The first-order valence-electron chi connectivity index (χ1n) is 13.0. The molecule has 0 atom stereocenters. The molecule has 3 nitrogen and oxygen atoms in total. The van der Waals surface area contributed by atoms with E-state index in [4.69, 9.17) is 11.6 Å². The molecule has 0 bridgehead atoms. The van der Waals surface area contributed by atoms with Crippen LogP contribution in [0.2, 0.25) is 5.02 Å². The first kappa shape index (κ1) is 26.7. The third-order valence-corrected chi connectivity index (χ3v) is 17.5. The van der Waals surface area contributed by atoms with Gasteiger partial charge in [-0.3, -0.25) is 0 Å². The van der Waals surface area contributed by atoms with E-state index in [1.807, 2.05) is 36.4 Å². The fraction of sp³-hybridized carbons (Fsp3) is 0.0588. The minimum absolute atomic E-state index is 0.167. The van der Waals surface area contributed by atoms with Crippen LogP contribution in [-0.4, -0.2) is 16.7 Å². The molecule has 1 aliphatic heterocycles. The summed E-state index contributed by atoms with van der Waals surface area (Å²) in [7, 11) is 0. The van der Waals surface area contributed by atoms with Crippen LogP contribution in [0.15, 0.2) is 133 Å². The second kappa shape index (κ2) is 10.4. The maximum atomic E-state index is 12.9. The molecule has 6 rings (SSSR count). The number of fused-ring (bicyclic) bond motifs is 1. The summed E-state index contributed by atoms with van der Waals surface area (Å²) >= 11 is 11.5. The minimum atomic E-state index is -3.23. The van der Waals surface area contributed by atoms with Crippen molar-refractivity contribution in [3.63, 3.8) is 0 Å².